The molecule has 3 nitrogen and oxygen atoms in total. The Morgan fingerprint density at radius 3 is 2.29 bits per heavy atom. The molecule has 1 aromatic carbocycles. The number of aliphatic hydroxyl groups excluding tert-OH is 1. The largest absolute Gasteiger partial charge is 0.388 e. The molecule has 24 heavy (non-hydrogen) atoms. The predicted molar refractivity (Wildman–Crippen MR) is 98.0 cm³/mol. The molecule has 0 radical (unpaired) electrons. The molecule has 1 atom stereocenters. The Bertz CT molecular complexity index is 448. The fourth-order valence-electron chi connectivity index (χ4n) is 4.17. The van der Waals surface area contributed by atoms with Crippen LogP contribution in [0.25, 0.3) is 0 Å². The third-order valence-electron chi connectivity index (χ3n) is 5.78. The van der Waals surface area contributed by atoms with Gasteiger partial charge in [0.2, 0.25) is 0 Å². The average molecular weight is 332 g/mol. The fourth-order valence-corrected chi connectivity index (χ4v) is 4.17. The minimum atomic E-state index is -0.310. The Labute approximate surface area is 147 Å². The lowest BCUT2D eigenvalue weighted by molar-refractivity contribution is 0.0135. The SMILES string of the molecule is OC(c1ccccc1)C1CCN(CCOC2CCCCCC2)CC1. The highest BCUT2D eigenvalue weighted by molar-refractivity contribution is 5.18. The molecule has 1 aliphatic carbocycles. The van der Waals surface area contributed by atoms with Crippen molar-refractivity contribution in [1.29, 1.82) is 0 Å². The van der Waals surface area contributed by atoms with Crippen molar-refractivity contribution in [3.05, 3.63) is 35.9 Å². The Kier molecular flexibility index (Phi) is 7.13. The summed E-state index contributed by atoms with van der Waals surface area (Å²) in [6.07, 6.45) is 10.3. The summed E-state index contributed by atoms with van der Waals surface area (Å²) in [6, 6.07) is 10.1. The van der Waals surface area contributed by atoms with E-state index < -0.39 is 0 Å². The number of benzene rings is 1. The van der Waals surface area contributed by atoms with Gasteiger partial charge >= 0.3 is 0 Å². The Hall–Kier alpha value is -0.900. The third kappa shape index (κ3) is 5.30. The summed E-state index contributed by atoms with van der Waals surface area (Å²) in [4.78, 5) is 2.50. The van der Waals surface area contributed by atoms with E-state index in [0.717, 1.165) is 44.6 Å². The van der Waals surface area contributed by atoms with Crippen molar-refractivity contribution in [3.8, 4) is 0 Å². The van der Waals surface area contributed by atoms with Crippen LogP contribution in [-0.2, 0) is 4.74 Å². The van der Waals surface area contributed by atoms with Gasteiger partial charge < -0.3 is 14.7 Å². The molecule has 1 saturated carbocycles. The van der Waals surface area contributed by atoms with Crippen LogP contribution < -0.4 is 0 Å². The van der Waals surface area contributed by atoms with E-state index in [1.165, 1.54) is 38.5 Å². The van der Waals surface area contributed by atoms with Crippen molar-refractivity contribution >= 4 is 0 Å². The number of nitrogens with zero attached hydrogens (tertiary/aromatic N) is 1. The zero-order valence-corrected chi connectivity index (χ0v) is 14.9. The van der Waals surface area contributed by atoms with Crippen LogP contribution in [0.1, 0.15) is 63.0 Å². The molecule has 1 aromatic rings. The lowest BCUT2D eigenvalue weighted by Crippen LogP contribution is -2.38. The molecule has 134 valence electrons. The Balaban J connectivity index is 1.34. The number of hydrogen-bond donors (Lipinski definition) is 1. The smallest absolute Gasteiger partial charge is 0.0819 e. The lowest BCUT2D eigenvalue weighted by Gasteiger charge is -2.34. The van der Waals surface area contributed by atoms with Gasteiger partial charge in [-0.3, -0.25) is 0 Å². The van der Waals surface area contributed by atoms with E-state index >= 15 is 0 Å². The van der Waals surface area contributed by atoms with Crippen LogP contribution in [0.15, 0.2) is 30.3 Å². The Morgan fingerprint density at radius 2 is 1.62 bits per heavy atom. The van der Waals surface area contributed by atoms with E-state index in [0.29, 0.717) is 12.0 Å². The summed E-state index contributed by atoms with van der Waals surface area (Å²) in [5, 5.41) is 10.6. The van der Waals surface area contributed by atoms with Gasteiger partial charge in [-0.1, -0.05) is 56.0 Å². The first-order valence-electron chi connectivity index (χ1n) is 9.90. The second kappa shape index (κ2) is 9.55. The van der Waals surface area contributed by atoms with E-state index in [-0.39, 0.29) is 6.10 Å². The number of hydrogen-bond acceptors (Lipinski definition) is 3. The molecule has 1 aliphatic heterocycles. The van der Waals surface area contributed by atoms with Crippen LogP contribution in [0.3, 0.4) is 0 Å². The van der Waals surface area contributed by atoms with Crippen molar-refractivity contribution in [2.75, 3.05) is 26.2 Å². The van der Waals surface area contributed by atoms with Gasteiger partial charge in [0, 0.05) is 6.54 Å². The number of aliphatic hydroxyl groups is 1. The number of ether oxygens (including phenoxy) is 1. The second-order valence-electron chi connectivity index (χ2n) is 7.52. The first kappa shape index (κ1) is 17.9. The standard InChI is InChI=1S/C21H33NO2/c23-21(18-8-4-3-5-9-18)19-12-14-22(15-13-19)16-17-24-20-10-6-1-2-7-11-20/h3-5,8-9,19-21,23H,1-2,6-7,10-17H2. The summed E-state index contributed by atoms with van der Waals surface area (Å²) in [7, 11) is 0. The van der Waals surface area contributed by atoms with E-state index in [1.54, 1.807) is 0 Å². The van der Waals surface area contributed by atoms with Crippen LogP contribution in [0.5, 0.6) is 0 Å². The molecule has 3 heteroatoms. The van der Waals surface area contributed by atoms with Crippen LogP contribution in [-0.4, -0.2) is 42.4 Å². The predicted octanol–water partition coefficient (Wildman–Crippen LogP) is 4.17. The fraction of sp³-hybridized carbons (Fsp3) is 0.714. The Morgan fingerprint density at radius 1 is 0.958 bits per heavy atom. The summed E-state index contributed by atoms with van der Waals surface area (Å²) in [6.45, 7) is 4.09. The van der Waals surface area contributed by atoms with Crippen molar-refractivity contribution in [1.82, 2.24) is 4.90 Å². The maximum atomic E-state index is 10.6. The molecule has 1 saturated heterocycles. The van der Waals surface area contributed by atoms with Gasteiger partial charge in [-0.2, -0.15) is 0 Å². The summed E-state index contributed by atoms with van der Waals surface area (Å²) < 4.78 is 6.12. The highest BCUT2D eigenvalue weighted by atomic mass is 16.5. The average Bonchev–Trinajstić information content (AvgIpc) is 2.91. The van der Waals surface area contributed by atoms with E-state index in [4.69, 9.17) is 4.74 Å². The maximum Gasteiger partial charge on any atom is 0.0819 e. The van der Waals surface area contributed by atoms with Crippen molar-refractivity contribution in [2.45, 2.75) is 63.6 Å². The van der Waals surface area contributed by atoms with E-state index in [9.17, 15) is 5.11 Å². The molecule has 1 heterocycles. The topological polar surface area (TPSA) is 32.7 Å². The molecule has 1 N–H and O–H groups in total. The van der Waals surface area contributed by atoms with Gasteiger partial charge in [0.1, 0.15) is 0 Å². The summed E-state index contributed by atoms with van der Waals surface area (Å²) in [5.41, 5.74) is 1.06. The molecule has 0 amide bonds. The zero-order valence-electron chi connectivity index (χ0n) is 14.9. The van der Waals surface area contributed by atoms with Crippen LogP contribution in [0.4, 0.5) is 0 Å². The van der Waals surface area contributed by atoms with Crippen LogP contribution >= 0.6 is 0 Å². The van der Waals surface area contributed by atoms with Crippen molar-refractivity contribution in [2.24, 2.45) is 5.92 Å². The summed E-state index contributed by atoms with van der Waals surface area (Å²) >= 11 is 0. The number of likely N-dealkylation sites (tertiary alicyclic amines) is 1. The molecular formula is C21H33NO2. The zero-order chi connectivity index (χ0) is 16.6. The van der Waals surface area contributed by atoms with Gasteiger partial charge in [0.25, 0.3) is 0 Å². The summed E-state index contributed by atoms with van der Waals surface area (Å²) in [5.74, 6) is 0.395. The van der Waals surface area contributed by atoms with Gasteiger partial charge in [0.05, 0.1) is 18.8 Å². The minimum absolute atomic E-state index is 0.310. The molecular weight excluding hydrogens is 298 g/mol. The second-order valence-corrected chi connectivity index (χ2v) is 7.52. The minimum Gasteiger partial charge on any atom is -0.388 e. The molecule has 3 rings (SSSR count). The van der Waals surface area contributed by atoms with Crippen molar-refractivity contribution < 1.29 is 9.84 Å². The normalized spacial score (nSPS) is 23.0. The molecule has 0 aromatic heterocycles. The van der Waals surface area contributed by atoms with Gasteiger partial charge in [-0.15, -0.1) is 0 Å². The van der Waals surface area contributed by atoms with Crippen LogP contribution in [0, 0.1) is 5.92 Å². The quantitative estimate of drug-likeness (QED) is 0.794. The van der Waals surface area contributed by atoms with Gasteiger partial charge in [-0.05, 0) is 50.3 Å². The van der Waals surface area contributed by atoms with E-state index in [1.807, 2.05) is 30.3 Å². The molecule has 0 bridgehead atoms. The van der Waals surface area contributed by atoms with Crippen molar-refractivity contribution in [3.63, 3.8) is 0 Å². The third-order valence-corrected chi connectivity index (χ3v) is 5.78. The monoisotopic (exact) mass is 331 g/mol. The highest BCUT2D eigenvalue weighted by Gasteiger charge is 2.26. The van der Waals surface area contributed by atoms with E-state index in [2.05, 4.69) is 4.90 Å². The first-order valence-corrected chi connectivity index (χ1v) is 9.90. The molecule has 0 spiro atoms. The van der Waals surface area contributed by atoms with Crippen LogP contribution in [0.2, 0.25) is 0 Å². The molecule has 1 unspecified atom stereocenters. The van der Waals surface area contributed by atoms with Gasteiger partial charge in [-0.25, -0.2) is 0 Å². The first-order chi connectivity index (χ1) is 11.8. The number of piperidine rings is 1. The lowest BCUT2D eigenvalue weighted by atomic mass is 9.87. The molecule has 2 aliphatic rings. The maximum absolute atomic E-state index is 10.6. The van der Waals surface area contributed by atoms with Gasteiger partial charge in [0.15, 0.2) is 0 Å². The highest BCUT2D eigenvalue weighted by Crippen LogP contribution is 2.30. The number of rotatable bonds is 6. The molecule has 2 fully saturated rings.